The molecule has 2 bridgehead atoms. The fraction of sp³-hybridized carbons (Fsp3) is 0.438. The van der Waals surface area contributed by atoms with Gasteiger partial charge in [0.1, 0.15) is 5.69 Å². The molecule has 2 saturated carbocycles. The SMILES string of the molecule is Nc1cccc2cc(C(=O)NC3CC4CCC3C4)[nH]c12. The highest BCUT2D eigenvalue weighted by molar-refractivity contribution is 6.00. The summed E-state index contributed by atoms with van der Waals surface area (Å²) < 4.78 is 0. The molecule has 1 heterocycles. The first-order valence-corrected chi connectivity index (χ1v) is 7.39. The van der Waals surface area contributed by atoms with Crippen molar-refractivity contribution < 1.29 is 4.79 Å². The van der Waals surface area contributed by atoms with Gasteiger partial charge in [-0.2, -0.15) is 0 Å². The Morgan fingerprint density at radius 2 is 2.20 bits per heavy atom. The molecular formula is C16H19N3O. The highest BCUT2D eigenvalue weighted by Crippen LogP contribution is 2.44. The van der Waals surface area contributed by atoms with Crippen molar-refractivity contribution in [3.63, 3.8) is 0 Å². The van der Waals surface area contributed by atoms with Crippen LogP contribution in [0, 0.1) is 11.8 Å². The van der Waals surface area contributed by atoms with E-state index in [9.17, 15) is 4.79 Å². The molecule has 2 aromatic rings. The number of nitrogens with two attached hydrogens (primary N) is 1. The Balaban J connectivity index is 1.56. The second kappa shape index (κ2) is 4.27. The molecule has 2 aliphatic carbocycles. The summed E-state index contributed by atoms with van der Waals surface area (Å²) in [7, 11) is 0. The Kier molecular flexibility index (Phi) is 2.52. The number of hydrogen-bond donors (Lipinski definition) is 3. The number of carbonyl (C=O) groups excluding carboxylic acids is 1. The Bertz CT molecular complexity index is 675. The molecular weight excluding hydrogens is 250 g/mol. The summed E-state index contributed by atoms with van der Waals surface area (Å²) in [5.41, 5.74) is 8.07. The smallest absolute Gasteiger partial charge is 0.267 e. The van der Waals surface area contributed by atoms with Crippen LogP contribution in [0.3, 0.4) is 0 Å². The normalized spacial score (nSPS) is 28.1. The largest absolute Gasteiger partial charge is 0.397 e. The van der Waals surface area contributed by atoms with Crippen LogP contribution in [0.25, 0.3) is 10.9 Å². The molecule has 0 spiro atoms. The average Bonchev–Trinajstić information content (AvgIpc) is 3.12. The zero-order valence-electron chi connectivity index (χ0n) is 11.4. The number of aromatic amines is 1. The van der Waals surface area contributed by atoms with Crippen molar-refractivity contribution in [2.45, 2.75) is 31.7 Å². The molecule has 3 atom stereocenters. The van der Waals surface area contributed by atoms with Crippen molar-refractivity contribution in [1.82, 2.24) is 10.3 Å². The van der Waals surface area contributed by atoms with Crippen LogP contribution in [0.5, 0.6) is 0 Å². The minimum absolute atomic E-state index is 0.00171. The number of H-pyrrole nitrogens is 1. The minimum atomic E-state index is -0.00171. The summed E-state index contributed by atoms with van der Waals surface area (Å²) in [5, 5.41) is 4.18. The fourth-order valence-corrected chi connectivity index (χ4v) is 3.97. The van der Waals surface area contributed by atoms with E-state index < -0.39 is 0 Å². The summed E-state index contributed by atoms with van der Waals surface area (Å²) in [6.45, 7) is 0. The Hall–Kier alpha value is -1.97. The van der Waals surface area contributed by atoms with E-state index in [1.165, 1.54) is 19.3 Å². The summed E-state index contributed by atoms with van der Waals surface area (Å²) in [6.07, 6.45) is 5.07. The summed E-state index contributed by atoms with van der Waals surface area (Å²) in [6, 6.07) is 7.97. The molecule has 0 radical (unpaired) electrons. The lowest BCUT2D eigenvalue weighted by molar-refractivity contribution is 0.0918. The topological polar surface area (TPSA) is 70.9 Å². The first kappa shape index (κ1) is 11.8. The lowest BCUT2D eigenvalue weighted by atomic mass is 9.95. The number of fused-ring (bicyclic) bond motifs is 3. The highest BCUT2D eigenvalue weighted by atomic mass is 16.1. The van der Waals surface area contributed by atoms with E-state index in [2.05, 4.69) is 10.3 Å². The number of para-hydroxylation sites is 1. The third-order valence-corrected chi connectivity index (χ3v) is 4.99. The van der Waals surface area contributed by atoms with Gasteiger partial charge in [-0.25, -0.2) is 0 Å². The van der Waals surface area contributed by atoms with Gasteiger partial charge >= 0.3 is 0 Å². The lowest BCUT2D eigenvalue weighted by Gasteiger charge is -2.22. The van der Waals surface area contributed by atoms with Crippen molar-refractivity contribution in [2.24, 2.45) is 11.8 Å². The number of nitrogens with one attached hydrogen (secondary N) is 2. The lowest BCUT2D eigenvalue weighted by Crippen LogP contribution is -2.38. The summed E-state index contributed by atoms with van der Waals surface area (Å²) in [5.74, 6) is 1.53. The van der Waals surface area contributed by atoms with Gasteiger partial charge in [0, 0.05) is 11.4 Å². The zero-order valence-corrected chi connectivity index (χ0v) is 11.4. The van der Waals surface area contributed by atoms with Crippen LogP contribution in [0.4, 0.5) is 5.69 Å². The van der Waals surface area contributed by atoms with Gasteiger partial charge in [0.25, 0.3) is 5.91 Å². The molecule has 0 aliphatic heterocycles. The van der Waals surface area contributed by atoms with Gasteiger partial charge in [0.15, 0.2) is 0 Å². The standard InChI is InChI=1S/C16H19N3O/c17-12-3-1-2-11-8-14(18-15(11)12)16(20)19-13-7-9-4-5-10(13)6-9/h1-3,8-10,13,18H,4-7,17H2,(H,19,20). The second-order valence-electron chi connectivity index (χ2n) is 6.25. The molecule has 4 N–H and O–H groups in total. The van der Waals surface area contributed by atoms with Crippen molar-refractivity contribution >= 4 is 22.5 Å². The van der Waals surface area contributed by atoms with Gasteiger partial charge in [-0.1, -0.05) is 18.6 Å². The number of hydrogen-bond acceptors (Lipinski definition) is 2. The molecule has 4 nitrogen and oxygen atoms in total. The van der Waals surface area contributed by atoms with Crippen LogP contribution in [0.1, 0.15) is 36.2 Å². The molecule has 4 rings (SSSR count). The van der Waals surface area contributed by atoms with Crippen LogP contribution < -0.4 is 11.1 Å². The second-order valence-corrected chi connectivity index (χ2v) is 6.25. The third kappa shape index (κ3) is 1.79. The van der Waals surface area contributed by atoms with E-state index >= 15 is 0 Å². The first-order valence-electron chi connectivity index (χ1n) is 7.39. The number of carbonyl (C=O) groups is 1. The van der Waals surface area contributed by atoms with Crippen molar-refractivity contribution in [1.29, 1.82) is 0 Å². The number of anilines is 1. The third-order valence-electron chi connectivity index (χ3n) is 4.99. The quantitative estimate of drug-likeness (QED) is 0.733. The number of benzene rings is 1. The van der Waals surface area contributed by atoms with Crippen LogP contribution in [0.15, 0.2) is 24.3 Å². The Morgan fingerprint density at radius 1 is 1.30 bits per heavy atom. The maximum atomic E-state index is 12.4. The maximum Gasteiger partial charge on any atom is 0.267 e. The molecule has 104 valence electrons. The number of nitrogen functional groups attached to an aromatic ring is 1. The summed E-state index contributed by atoms with van der Waals surface area (Å²) >= 11 is 0. The maximum absolute atomic E-state index is 12.4. The molecule has 1 aromatic heterocycles. The Morgan fingerprint density at radius 3 is 2.90 bits per heavy atom. The predicted molar refractivity (Wildman–Crippen MR) is 79.4 cm³/mol. The van der Waals surface area contributed by atoms with Crippen molar-refractivity contribution in [3.8, 4) is 0 Å². The molecule has 4 heteroatoms. The molecule has 2 aliphatic rings. The van der Waals surface area contributed by atoms with E-state index in [1.54, 1.807) is 0 Å². The van der Waals surface area contributed by atoms with Gasteiger partial charge in [0.05, 0.1) is 11.2 Å². The zero-order chi connectivity index (χ0) is 13.7. The van der Waals surface area contributed by atoms with Crippen LogP contribution in [-0.4, -0.2) is 16.9 Å². The average molecular weight is 269 g/mol. The highest BCUT2D eigenvalue weighted by Gasteiger charge is 2.40. The van der Waals surface area contributed by atoms with Crippen LogP contribution in [0.2, 0.25) is 0 Å². The molecule has 0 saturated heterocycles. The van der Waals surface area contributed by atoms with Gasteiger partial charge in [-0.15, -0.1) is 0 Å². The van der Waals surface area contributed by atoms with Gasteiger partial charge in [0.2, 0.25) is 0 Å². The van der Waals surface area contributed by atoms with E-state index in [-0.39, 0.29) is 5.91 Å². The van der Waals surface area contributed by atoms with E-state index in [1.807, 2.05) is 24.3 Å². The van der Waals surface area contributed by atoms with E-state index in [4.69, 9.17) is 5.73 Å². The first-order chi connectivity index (χ1) is 9.70. The van der Waals surface area contributed by atoms with E-state index in [0.29, 0.717) is 23.3 Å². The molecule has 2 fully saturated rings. The molecule has 1 amide bonds. The number of aromatic nitrogens is 1. The number of amides is 1. The Labute approximate surface area is 117 Å². The fourth-order valence-electron chi connectivity index (χ4n) is 3.97. The monoisotopic (exact) mass is 269 g/mol. The van der Waals surface area contributed by atoms with E-state index in [0.717, 1.165) is 23.2 Å². The van der Waals surface area contributed by atoms with Crippen LogP contribution in [-0.2, 0) is 0 Å². The van der Waals surface area contributed by atoms with Crippen molar-refractivity contribution in [2.75, 3.05) is 5.73 Å². The van der Waals surface area contributed by atoms with Crippen molar-refractivity contribution in [3.05, 3.63) is 30.0 Å². The van der Waals surface area contributed by atoms with Crippen LogP contribution >= 0.6 is 0 Å². The van der Waals surface area contributed by atoms with Gasteiger partial charge in [-0.3, -0.25) is 4.79 Å². The molecule has 20 heavy (non-hydrogen) atoms. The van der Waals surface area contributed by atoms with Gasteiger partial charge < -0.3 is 16.0 Å². The summed E-state index contributed by atoms with van der Waals surface area (Å²) in [4.78, 5) is 15.5. The predicted octanol–water partition coefficient (Wildman–Crippen LogP) is 2.67. The molecule has 3 unspecified atom stereocenters. The minimum Gasteiger partial charge on any atom is -0.397 e. The number of rotatable bonds is 2. The molecule has 1 aromatic carbocycles. The van der Waals surface area contributed by atoms with Gasteiger partial charge in [-0.05, 0) is 43.2 Å².